The number of nitrogen functional groups attached to an aromatic ring is 1. The first kappa shape index (κ1) is 27.2. The number of hydrogen-bond donors (Lipinski definition) is 3. The Morgan fingerprint density at radius 2 is 1.29 bits per heavy atom. The number of nitro benzene ring substituents is 1. The summed E-state index contributed by atoms with van der Waals surface area (Å²) in [4.78, 5) is 8.69. The van der Waals surface area contributed by atoms with E-state index in [9.17, 15) is 36.1 Å². The van der Waals surface area contributed by atoms with Crippen molar-refractivity contribution in [1.29, 1.82) is 0 Å². The molecule has 0 fully saturated rings. The van der Waals surface area contributed by atoms with E-state index in [1.54, 1.807) is 0 Å². The van der Waals surface area contributed by atoms with Crippen molar-refractivity contribution in [3.8, 4) is 0 Å². The van der Waals surface area contributed by atoms with Gasteiger partial charge in [0.15, 0.2) is 0 Å². The van der Waals surface area contributed by atoms with Crippen LogP contribution in [0.3, 0.4) is 0 Å². The van der Waals surface area contributed by atoms with Crippen LogP contribution in [0.25, 0.3) is 12.2 Å². The molecule has 0 heterocycles. The van der Waals surface area contributed by atoms with Gasteiger partial charge in [0.05, 0.1) is 4.92 Å². The van der Waals surface area contributed by atoms with Crippen LogP contribution in [-0.4, -0.2) is 90.0 Å². The fraction of sp³-hybridized carbons (Fsp3) is 0. The fourth-order valence-corrected chi connectivity index (χ4v) is 3.51. The molecule has 0 atom stereocenters. The summed E-state index contributed by atoms with van der Waals surface area (Å²) in [5, 5.41) is 10.8. The summed E-state index contributed by atoms with van der Waals surface area (Å²) in [5.41, 5.74) is 4.86. The molecule has 14 heteroatoms. The number of nitrogens with two attached hydrogens (primary N) is 1. The Balaban J connectivity index is 0.00000364. The molecule has 0 bridgehead atoms. The summed E-state index contributed by atoms with van der Waals surface area (Å²) < 4.78 is 64.3. The van der Waals surface area contributed by atoms with Crippen LogP contribution < -0.4 is 5.73 Å². The van der Waals surface area contributed by atoms with Crippen LogP contribution in [0.1, 0.15) is 11.1 Å². The Bertz CT molecular complexity index is 1130. The van der Waals surface area contributed by atoms with Gasteiger partial charge < -0.3 is 5.73 Å². The molecule has 10 nitrogen and oxygen atoms in total. The Morgan fingerprint density at radius 1 is 0.857 bits per heavy atom. The monoisotopic (exact) mass is 448 g/mol. The van der Waals surface area contributed by atoms with E-state index in [0.717, 1.165) is 30.4 Å². The molecule has 0 aliphatic carbocycles. The quantitative estimate of drug-likeness (QED) is 0.147. The fourth-order valence-electron chi connectivity index (χ4n) is 2.09. The summed E-state index contributed by atoms with van der Waals surface area (Å²) in [5.74, 6) is 0. The number of hydrogen-bond acceptors (Lipinski definition) is 7. The second-order valence-corrected chi connectivity index (χ2v) is 7.84. The van der Waals surface area contributed by atoms with Gasteiger partial charge in [-0.1, -0.05) is 18.2 Å². The molecule has 0 amide bonds. The molecular formula is C14H14N2Na2O8S2. The first-order valence-corrected chi connectivity index (χ1v) is 9.58. The van der Waals surface area contributed by atoms with Gasteiger partial charge in [-0.15, -0.1) is 0 Å². The van der Waals surface area contributed by atoms with Crippen LogP contribution in [0.15, 0.2) is 46.2 Å². The van der Waals surface area contributed by atoms with Crippen molar-refractivity contribution in [2.24, 2.45) is 0 Å². The number of nitro groups is 1. The van der Waals surface area contributed by atoms with Crippen LogP contribution in [0.4, 0.5) is 11.4 Å². The van der Waals surface area contributed by atoms with E-state index < -0.39 is 40.6 Å². The van der Waals surface area contributed by atoms with Crippen molar-refractivity contribution in [3.63, 3.8) is 0 Å². The molecule has 0 aliphatic rings. The summed E-state index contributed by atoms with van der Waals surface area (Å²) in [6, 6.07) is 6.39. The third-order valence-corrected chi connectivity index (χ3v) is 5.06. The third kappa shape index (κ3) is 6.91. The SMILES string of the molecule is Nc1ccc(C=Cc2ccc([N+](=O)[O-])cc2S(=O)(=O)O)c(S(=O)(=O)O)c1.[NaH].[NaH]. The van der Waals surface area contributed by atoms with Gasteiger partial charge in [-0.3, -0.25) is 19.2 Å². The van der Waals surface area contributed by atoms with Gasteiger partial charge in [0.25, 0.3) is 25.9 Å². The van der Waals surface area contributed by atoms with Crippen LogP contribution in [0.5, 0.6) is 0 Å². The zero-order valence-electron chi connectivity index (χ0n) is 12.8. The molecule has 0 aromatic heterocycles. The van der Waals surface area contributed by atoms with Crippen molar-refractivity contribution >= 4 is 103 Å². The molecule has 2 rings (SSSR count). The maximum absolute atomic E-state index is 11.5. The standard InChI is InChI=1S/C14H12N2O8S2.2Na.2H/c15-11-5-3-9(13(7-11)25(19,20)21)1-2-10-4-6-12(16(17)18)8-14(10)26(22,23)24;;;;/h1-8H,15H2,(H,19,20,21)(H,22,23,24);;;;. The second-order valence-electron chi connectivity index (χ2n) is 5.06. The topological polar surface area (TPSA) is 178 Å². The zero-order valence-corrected chi connectivity index (χ0v) is 14.4. The van der Waals surface area contributed by atoms with Crippen LogP contribution in [0.2, 0.25) is 0 Å². The molecule has 0 radical (unpaired) electrons. The number of rotatable bonds is 5. The van der Waals surface area contributed by atoms with Crippen LogP contribution >= 0.6 is 0 Å². The average molecular weight is 448 g/mol. The summed E-state index contributed by atoms with van der Waals surface area (Å²) in [6.45, 7) is 0. The molecule has 142 valence electrons. The van der Waals surface area contributed by atoms with Crippen molar-refractivity contribution in [1.82, 2.24) is 0 Å². The van der Waals surface area contributed by atoms with E-state index in [0.29, 0.717) is 6.07 Å². The third-order valence-electron chi connectivity index (χ3n) is 3.24. The predicted octanol–water partition coefficient (Wildman–Crippen LogP) is 0.544. The van der Waals surface area contributed by atoms with E-state index >= 15 is 0 Å². The van der Waals surface area contributed by atoms with Crippen LogP contribution in [0, 0.1) is 10.1 Å². The maximum atomic E-state index is 11.5. The van der Waals surface area contributed by atoms with E-state index in [4.69, 9.17) is 5.73 Å². The Morgan fingerprint density at radius 3 is 1.71 bits per heavy atom. The van der Waals surface area contributed by atoms with E-state index in [-0.39, 0.29) is 75.9 Å². The summed E-state index contributed by atoms with van der Waals surface area (Å²) >= 11 is 0. The van der Waals surface area contributed by atoms with Gasteiger partial charge in [-0.25, -0.2) is 0 Å². The minimum atomic E-state index is -4.78. The Hall–Kier alpha value is -0.800. The number of nitrogens with zero attached hydrogens (tertiary/aromatic N) is 1. The van der Waals surface area contributed by atoms with E-state index in [1.165, 1.54) is 12.1 Å². The van der Waals surface area contributed by atoms with Gasteiger partial charge in [0.1, 0.15) is 9.79 Å². The first-order chi connectivity index (χ1) is 11.9. The molecule has 4 N–H and O–H groups in total. The van der Waals surface area contributed by atoms with Crippen molar-refractivity contribution in [3.05, 3.63) is 57.6 Å². The van der Waals surface area contributed by atoms with E-state index in [1.807, 2.05) is 0 Å². The average Bonchev–Trinajstić information content (AvgIpc) is 2.51. The molecule has 28 heavy (non-hydrogen) atoms. The van der Waals surface area contributed by atoms with Gasteiger partial charge in [0, 0.05) is 17.8 Å². The first-order valence-electron chi connectivity index (χ1n) is 6.70. The molecule has 2 aromatic carbocycles. The van der Waals surface area contributed by atoms with Crippen molar-refractivity contribution in [2.45, 2.75) is 9.79 Å². The molecule has 0 saturated heterocycles. The predicted molar refractivity (Wildman–Crippen MR) is 107 cm³/mol. The molecule has 2 aromatic rings. The number of benzene rings is 2. The second kappa shape index (κ2) is 10.3. The van der Waals surface area contributed by atoms with Gasteiger partial charge in [-0.05, 0) is 29.3 Å². The summed E-state index contributed by atoms with van der Waals surface area (Å²) in [6.07, 6.45) is 2.27. The molecule has 0 spiro atoms. The number of anilines is 1. The van der Waals surface area contributed by atoms with Crippen molar-refractivity contribution in [2.75, 3.05) is 5.73 Å². The normalized spacial score (nSPS) is 11.5. The minimum absolute atomic E-state index is 0. The molecule has 0 saturated carbocycles. The van der Waals surface area contributed by atoms with Gasteiger partial charge >= 0.3 is 59.1 Å². The molecule has 0 aliphatic heterocycles. The van der Waals surface area contributed by atoms with E-state index in [2.05, 4.69) is 0 Å². The molecular weight excluding hydrogens is 434 g/mol. The van der Waals surface area contributed by atoms with Gasteiger partial charge in [-0.2, -0.15) is 16.8 Å². The van der Waals surface area contributed by atoms with Gasteiger partial charge in [0.2, 0.25) is 0 Å². The Kier molecular flexibility index (Phi) is 10.0. The van der Waals surface area contributed by atoms with Crippen LogP contribution in [-0.2, 0) is 20.2 Å². The number of non-ortho nitro benzene ring substituents is 1. The van der Waals surface area contributed by atoms with Crippen molar-refractivity contribution < 1.29 is 30.9 Å². The Labute approximate surface area is 205 Å². The summed E-state index contributed by atoms with van der Waals surface area (Å²) in [7, 11) is -9.39. The molecule has 0 unspecified atom stereocenters. The zero-order chi connectivity index (χ0) is 19.7.